The average molecular weight is 205 g/mol. The molecule has 1 aromatic carbocycles. The molecule has 1 fully saturated rings. The molecule has 0 radical (unpaired) electrons. The van der Waals surface area contributed by atoms with Gasteiger partial charge in [0.25, 0.3) is 0 Å². The third kappa shape index (κ3) is 1.86. The lowest BCUT2D eigenvalue weighted by Crippen LogP contribution is -2.22. The van der Waals surface area contributed by atoms with Gasteiger partial charge < -0.3 is 10.5 Å². The molecule has 0 amide bonds. The molecule has 2 unspecified atom stereocenters. The third-order valence-electron chi connectivity index (χ3n) is 3.40. The standard InChI is InChI=1S/C13H19NO/c1-3-5-11-9-13(11,14)10-6-4-7-12(8-10)15-2/h4,6-8,11H,3,5,9,14H2,1-2H3. The molecule has 2 heteroatoms. The first kappa shape index (κ1) is 10.5. The Morgan fingerprint density at radius 3 is 3.00 bits per heavy atom. The number of hydrogen-bond acceptors (Lipinski definition) is 2. The summed E-state index contributed by atoms with van der Waals surface area (Å²) in [7, 11) is 1.69. The van der Waals surface area contributed by atoms with Crippen LogP contribution in [-0.2, 0) is 5.54 Å². The Morgan fingerprint density at radius 2 is 2.33 bits per heavy atom. The fourth-order valence-corrected chi connectivity index (χ4v) is 2.32. The number of benzene rings is 1. The second-order valence-electron chi connectivity index (χ2n) is 4.46. The van der Waals surface area contributed by atoms with Crippen LogP contribution in [0.4, 0.5) is 0 Å². The van der Waals surface area contributed by atoms with Gasteiger partial charge in [-0.3, -0.25) is 0 Å². The van der Waals surface area contributed by atoms with E-state index in [1.165, 1.54) is 18.4 Å². The molecule has 0 aliphatic heterocycles. The summed E-state index contributed by atoms with van der Waals surface area (Å²) >= 11 is 0. The lowest BCUT2D eigenvalue weighted by atomic mass is 10.0. The molecule has 2 atom stereocenters. The van der Waals surface area contributed by atoms with Gasteiger partial charge in [-0.2, -0.15) is 0 Å². The summed E-state index contributed by atoms with van der Waals surface area (Å²) < 4.78 is 5.22. The second kappa shape index (κ2) is 3.86. The van der Waals surface area contributed by atoms with Crippen molar-refractivity contribution in [1.29, 1.82) is 0 Å². The zero-order valence-electron chi connectivity index (χ0n) is 9.49. The van der Waals surface area contributed by atoms with E-state index in [1.807, 2.05) is 12.1 Å². The van der Waals surface area contributed by atoms with E-state index >= 15 is 0 Å². The van der Waals surface area contributed by atoms with Gasteiger partial charge in [0.1, 0.15) is 5.75 Å². The Balaban J connectivity index is 2.16. The number of methoxy groups -OCH3 is 1. The quantitative estimate of drug-likeness (QED) is 0.820. The molecule has 2 N–H and O–H groups in total. The van der Waals surface area contributed by atoms with Gasteiger partial charge in [-0.1, -0.05) is 25.5 Å². The lowest BCUT2D eigenvalue weighted by Gasteiger charge is -2.13. The molecule has 0 aromatic heterocycles. The van der Waals surface area contributed by atoms with Gasteiger partial charge in [0, 0.05) is 5.54 Å². The van der Waals surface area contributed by atoms with Crippen molar-refractivity contribution in [3.05, 3.63) is 29.8 Å². The minimum atomic E-state index is -0.0788. The van der Waals surface area contributed by atoms with Crippen molar-refractivity contribution in [3.8, 4) is 5.75 Å². The molecule has 82 valence electrons. The zero-order valence-corrected chi connectivity index (χ0v) is 9.49. The van der Waals surface area contributed by atoms with Crippen LogP contribution >= 0.6 is 0 Å². The fraction of sp³-hybridized carbons (Fsp3) is 0.538. The largest absolute Gasteiger partial charge is 0.497 e. The van der Waals surface area contributed by atoms with E-state index < -0.39 is 0 Å². The maximum Gasteiger partial charge on any atom is 0.119 e. The second-order valence-corrected chi connectivity index (χ2v) is 4.46. The molecular weight excluding hydrogens is 186 g/mol. The minimum absolute atomic E-state index is 0.0788. The molecule has 0 heterocycles. The van der Waals surface area contributed by atoms with Crippen molar-refractivity contribution in [2.45, 2.75) is 31.7 Å². The van der Waals surface area contributed by atoms with E-state index in [0.717, 1.165) is 12.2 Å². The van der Waals surface area contributed by atoms with E-state index in [2.05, 4.69) is 19.1 Å². The fourth-order valence-electron chi connectivity index (χ4n) is 2.32. The highest BCUT2D eigenvalue weighted by atomic mass is 16.5. The van der Waals surface area contributed by atoms with Crippen LogP contribution < -0.4 is 10.5 Å². The summed E-state index contributed by atoms with van der Waals surface area (Å²) in [5.74, 6) is 1.56. The van der Waals surface area contributed by atoms with Gasteiger partial charge in [-0.25, -0.2) is 0 Å². The summed E-state index contributed by atoms with van der Waals surface area (Å²) in [5.41, 5.74) is 7.51. The topological polar surface area (TPSA) is 35.2 Å². The van der Waals surface area contributed by atoms with E-state index in [-0.39, 0.29) is 5.54 Å². The van der Waals surface area contributed by atoms with Crippen molar-refractivity contribution in [1.82, 2.24) is 0 Å². The first-order valence-corrected chi connectivity index (χ1v) is 5.64. The normalized spacial score (nSPS) is 28.9. The Kier molecular flexibility index (Phi) is 2.70. The van der Waals surface area contributed by atoms with Gasteiger partial charge in [0.05, 0.1) is 7.11 Å². The van der Waals surface area contributed by atoms with Crippen LogP contribution in [0, 0.1) is 5.92 Å². The summed E-state index contributed by atoms with van der Waals surface area (Å²) in [5, 5.41) is 0. The molecule has 2 rings (SSSR count). The van der Waals surface area contributed by atoms with Crippen LogP contribution in [0.15, 0.2) is 24.3 Å². The number of nitrogens with two attached hydrogens (primary N) is 1. The number of hydrogen-bond donors (Lipinski definition) is 1. The molecule has 1 saturated carbocycles. The third-order valence-corrected chi connectivity index (χ3v) is 3.40. The highest BCUT2D eigenvalue weighted by molar-refractivity contribution is 5.37. The van der Waals surface area contributed by atoms with Gasteiger partial charge in [0.2, 0.25) is 0 Å². The SMILES string of the molecule is CCCC1CC1(N)c1cccc(OC)c1. The summed E-state index contributed by atoms with van der Waals surface area (Å²) in [6.45, 7) is 2.21. The summed E-state index contributed by atoms with van der Waals surface area (Å²) in [4.78, 5) is 0. The van der Waals surface area contributed by atoms with E-state index in [1.54, 1.807) is 7.11 Å². The van der Waals surface area contributed by atoms with Gasteiger partial charge in [0.15, 0.2) is 0 Å². The number of ether oxygens (including phenoxy) is 1. The van der Waals surface area contributed by atoms with Crippen molar-refractivity contribution >= 4 is 0 Å². The van der Waals surface area contributed by atoms with Crippen molar-refractivity contribution in [2.24, 2.45) is 11.7 Å². The van der Waals surface area contributed by atoms with Gasteiger partial charge in [-0.05, 0) is 36.5 Å². The van der Waals surface area contributed by atoms with Crippen LogP contribution in [0.3, 0.4) is 0 Å². The van der Waals surface area contributed by atoms with E-state index in [4.69, 9.17) is 10.5 Å². The van der Waals surface area contributed by atoms with Crippen LogP contribution in [0.5, 0.6) is 5.75 Å². The molecule has 1 aliphatic rings. The highest BCUT2D eigenvalue weighted by Crippen LogP contribution is 2.52. The van der Waals surface area contributed by atoms with Crippen LogP contribution in [0.1, 0.15) is 31.7 Å². The first-order valence-electron chi connectivity index (χ1n) is 5.64. The van der Waals surface area contributed by atoms with Crippen LogP contribution in [-0.4, -0.2) is 7.11 Å². The smallest absolute Gasteiger partial charge is 0.119 e. The Labute approximate surface area is 91.4 Å². The zero-order chi connectivity index (χ0) is 10.9. The minimum Gasteiger partial charge on any atom is -0.497 e. The molecule has 0 bridgehead atoms. The van der Waals surface area contributed by atoms with Gasteiger partial charge >= 0.3 is 0 Å². The van der Waals surface area contributed by atoms with Gasteiger partial charge in [-0.15, -0.1) is 0 Å². The monoisotopic (exact) mass is 205 g/mol. The molecule has 1 aromatic rings. The maximum absolute atomic E-state index is 6.37. The Bertz CT molecular complexity index is 350. The van der Waals surface area contributed by atoms with Crippen molar-refractivity contribution in [2.75, 3.05) is 7.11 Å². The lowest BCUT2D eigenvalue weighted by molar-refractivity contribution is 0.413. The van der Waals surface area contributed by atoms with E-state index in [9.17, 15) is 0 Å². The molecule has 0 saturated heterocycles. The molecule has 1 aliphatic carbocycles. The number of rotatable bonds is 4. The Morgan fingerprint density at radius 1 is 1.53 bits per heavy atom. The molecule has 2 nitrogen and oxygen atoms in total. The van der Waals surface area contributed by atoms with Crippen LogP contribution in [0.2, 0.25) is 0 Å². The van der Waals surface area contributed by atoms with Crippen molar-refractivity contribution in [3.63, 3.8) is 0 Å². The molecule has 0 spiro atoms. The summed E-state index contributed by atoms with van der Waals surface area (Å²) in [6, 6.07) is 8.15. The van der Waals surface area contributed by atoms with E-state index in [0.29, 0.717) is 5.92 Å². The Hall–Kier alpha value is -1.02. The average Bonchev–Trinajstić information content (AvgIpc) is 2.92. The molecule has 15 heavy (non-hydrogen) atoms. The van der Waals surface area contributed by atoms with Crippen LogP contribution in [0.25, 0.3) is 0 Å². The predicted molar refractivity (Wildman–Crippen MR) is 61.9 cm³/mol. The predicted octanol–water partition coefficient (Wildman–Crippen LogP) is 2.67. The summed E-state index contributed by atoms with van der Waals surface area (Å²) in [6.07, 6.45) is 3.56. The molecular formula is C13H19NO. The van der Waals surface area contributed by atoms with Crippen molar-refractivity contribution < 1.29 is 4.74 Å². The highest BCUT2D eigenvalue weighted by Gasteiger charge is 2.51. The maximum atomic E-state index is 6.37. The first-order chi connectivity index (χ1) is 7.20.